The summed E-state index contributed by atoms with van der Waals surface area (Å²) < 4.78 is 0. The van der Waals surface area contributed by atoms with E-state index in [0.717, 1.165) is 38.5 Å². The van der Waals surface area contributed by atoms with Crippen molar-refractivity contribution >= 4 is 11.9 Å². The molecule has 2 aliphatic carbocycles. The Hall–Kier alpha value is -1.06. The molecule has 2 rings (SSSR count). The molecule has 0 aromatic heterocycles. The van der Waals surface area contributed by atoms with E-state index < -0.39 is 12.0 Å². The van der Waals surface area contributed by atoms with Gasteiger partial charge in [0.25, 0.3) is 0 Å². The number of hydrogen-bond donors (Lipinski definition) is 2. The number of rotatable bonds is 4. The van der Waals surface area contributed by atoms with E-state index in [-0.39, 0.29) is 17.2 Å². The molecule has 0 aromatic carbocycles. The molecule has 1 amide bonds. The van der Waals surface area contributed by atoms with E-state index in [2.05, 4.69) is 5.32 Å². The number of nitrogens with one attached hydrogen (secondary N) is 1. The molecule has 0 spiro atoms. The van der Waals surface area contributed by atoms with Crippen LogP contribution in [0.2, 0.25) is 0 Å². The first-order chi connectivity index (χ1) is 8.03. The van der Waals surface area contributed by atoms with Crippen LogP contribution < -0.4 is 5.32 Å². The highest BCUT2D eigenvalue weighted by molar-refractivity contribution is 5.87. The van der Waals surface area contributed by atoms with Gasteiger partial charge < -0.3 is 10.4 Å². The first-order valence-electron chi connectivity index (χ1n) is 6.57. The van der Waals surface area contributed by atoms with Crippen molar-refractivity contribution in [2.75, 3.05) is 0 Å². The van der Waals surface area contributed by atoms with Crippen LogP contribution in [-0.2, 0) is 9.59 Å². The van der Waals surface area contributed by atoms with Crippen molar-refractivity contribution in [3.05, 3.63) is 0 Å². The molecule has 0 aliphatic heterocycles. The van der Waals surface area contributed by atoms with Gasteiger partial charge in [-0.1, -0.05) is 26.2 Å². The third kappa shape index (κ3) is 2.79. The lowest BCUT2D eigenvalue weighted by atomic mass is 9.75. The summed E-state index contributed by atoms with van der Waals surface area (Å²) in [6, 6.07) is -0.666. The molecule has 4 heteroatoms. The predicted octanol–water partition coefficient (Wildman–Crippen LogP) is 1.94. The maximum Gasteiger partial charge on any atom is 0.326 e. The molecule has 2 aliphatic rings. The lowest BCUT2D eigenvalue weighted by Crippen LogP contribution is -2.49. The fraction of sp³-hybridized carbons (Fsp3) is 0.846. The summed E-state index contributed by atoms with van der Waals surface area (Å²) in [5, 5.41) is 11.9. The Morgan fingerprint density at radius 2 is 1.82 bits per heavy atom. The predicted molar refractivity (Wildman–Crippen MR) is 63.5 cm³/mol. The molecule has 1 unspecified atom stereocenters. The molecule has 4 nitrogen and oxygen atoms in total. The maximum absolute atomic E-state index is 12.2. The Morgan fingerprint density at radius 3 is 2.29 bits per heavy atom. The van der Waals surface area contributed by atoms with Crippen LogP contribution in [0.4, 0.5) is 0 Å². The van der Waals surface area contributed by atoms with Gasteiger partial charge in [0.2, 0.25) is 5.91 Å². The van der Waals surface area contributed by atoms with Crippen molar-refractivity contribution in [2.24, 2.45) is 11.3 Å². The fourth-order valence-electron chi connectivity index (χ4n) is 2.69. The molecular weight excluding hydrogens is 218 g/mol. The number of carbonyl (C=O) groups excluding carboxylic acids is 1. The topological polar surface area (TPSA) is 66.4 Å². The highest BCUT2D eigenvalue weighted by Crippen LogP contribution is 2.37. The highest BCUT2D eigenvalue weighted by Gasteiger charge is 2.41. The number of amides is 1. The summed E-state index contributed by atoms with van der Waals surface area (Å²) in [4.78, 5) is 23.3. The van der Waals surface area contributed by atoms with Crippen LogP contribution in [0.1, 0.15) is 51.9 Å². The van der Waals surface area contributed by atoms with E-state index in [0.29, 0.717) is 0 Å². The van der Waals surface area contributed by atoms with Crippen molar-refractivity contribution in [1.82, 2.24) is 5.32 Å². The van der Waals surface area contributed by atoms with Gasteiger partial charge in [-0.2, -0.15) is 0 Å². The lowest BCUT2D eigenvalue weighted by molar-refractivity contribution is -0.144. The molecule has 96 valence electrons. The second kappa shape index (κ2) is 4.67. The quantitative estimate of drug-likeness (QED) is 0.787. The molecule has 0 bridgehead atoms. The molecule has 2 saturated carbocycles. The lowest BCUT2D eigenvalue weighted by Gasteiger charge is -2.33. The third-order valence-corrected chi connectivity index (χ3v) is 4.15. The number of carboxylic acids is 1. The van der Waals surface area contributed by atoms with Gasteiger partial charge in [0.05, 0.1) is 0 Å². The van der Waals surface area contributed by atoms with Crippen LogP contribution in [-0.4, -0.2) is 23.0 Å². The first-order valence-corrected chi connectivity index (χ1v) is 6.57. The summed E-state index contributed by atoms with van der Waals surface area (Å²) in [6.45, 7) is 1.97. The van der Waals surface area contributed by atoms with Crippen molar-refractivity contribution in [2.45, 2.75) is 57.9 Å². The van der Waals surface area contributed by atoms with Crippen LogP contribution >= 0.6 is 0 Å². The van der Waals surface area contributed by atoms with E-state index >= 15 is 0 Å². The van der Waals surface area contributed by atoms with Gasteiger partial charge in [0.1, 0.15) is 6.04 Å². The Kier molecular flexibility index (Phi) is 3.40. The number of aliphatic carboxylic acids is 1. The average molecular weight is 239 g/mol. The molecule has 1 atom stereocenters. The summed E-state index contributed by atoms with van der Waals surface area (Å²) in [6.07, 6.45) is 6.96. The van der Waals surface area contributed by atoms with E-state index in [9.17, 15) is 9.59 Å². The van der Waals surface area contributed by atoms with E-state index in [4.69, 9.17) is 5.11 Å². The van der Waals surface area contributed by atoms with Crippen molar-refractivity contribution < 1.29 is 14.7 Å². The number of carboxylic acid groups (broad SMARTS) is 1. The SMILES string of the molecule is CC1(C(=O)NC(C(=O)O)C2CC2)CCCCC1. The van der Waals surface area contributed by atoms with Gasteiger partial charge in [0, 0.05) is 5.41 Å². The summed E-state index contributed by atoms with van der Waals surface area (Å²) in [5.74, 6) is -0.791. The molecule has 17 heavy (non-hydrogen) atoms. The zero-order chi connectivity index (χ0) is 12.5. The summed E-state index contributed by atoms with van der Waals surface area (Å²) >= 11 is 0. The highest BCUT2D eigenvalue weighted by atomic mass is 16.4. The molecule has 2 fully saturated rings. The molecule has 0 heterocycles. The molecule has 0 radical (unpaired) electrons. The van der Waals surface area contributed by atoms with E-state index in [1.165, 1.54) is 6.42 Å². The van der Waals surface area contributed by atoms with Crippen LogP contribution in [0, 0.1) is 11.3 Å². The van der Waals surface area contributed by atoms with Crippen molar-refractivity contribution in [1.29, 1.82) is 0 Å². The standard InChI is InChI=1S/C13H21NO3/c1-13(7-3-2-4-8-13)12(17)14-10(11(15)16)9-5-6-9/h9-10H,2-8H2,1H3,(H,14,17)(H,15,16). The van der Waals surface area contributed by atoms with Crippen LogP contribution in [0.3, 0.4) is 0 Å². The number of carbonyl (C=O) groups is 2. The zero-order valence-corrected chi connectivity index (χ0v) is 10.4. The van der Waals surface area contributed by atoms with E-state index in [1.54, 1.807) is 0 Å². The summed E-state index contributed by atoms with van der Waals surface area (Å²) in [5.41, 5.74) is -0.346. The van der Waals surface area contributed by atoms with Gasteiger partial charge in [-0.15, -0.1) is 0 Å². The van der Waals surface area contributed by atoms with Crippen molar-refractivity contribution in [3.8, 4) is 0 Å². The maximum atomic E-state index is 12.2. The van der Waals surface area contributed by atoms with Crippen LogP contribution in [0.25, 0.3) is 0 Å². The van der Waals surface area contributed by atoms with Crippen molar-refractivity contribution in [3.63, 3.8) is 0 Å². The van der Waals surface area contributed by atoms with Crippen LogP contribution in [0.5, 0.6) is 0 Å². The Labute approximate surface area is 102 Å². The average Bonchev–Trinajstić information content (AvgIpc) is 3.10. The Morgan fingerprint density at radius 1 is 1.24 bits per heavy atom. The second-order valence-corrected chi connectivity index (χ2v) is 5.75. The van der Waals surface area contributed by atoms with Crippen LogP contribution in [0.15, 0.2) is 0 Å². The second-order valence-electron chi connectivity index (χ2n) is 5.75. The normalized spacial score (nSPS) is 25.0. The molecule has 2 N–H and O–H groups in total. The minimum atomic E-state index is -0.889. The molecular formula is C13H21NO3. The van der Waals surface area contributed by atoms with Gasteiger partial charge >= 0.3 is 5.97 Å². The number of hydrogen-bond acceptors (Lipinski definition) is 2. The minimum Gasteiger partial charge on any atom is -0.480 e. The monoisotopic (exact) mass is 239 g/mol. The molecule has 0 saturated heterocycles. The fourth-order valence-corrected chi connectivity index (χ4v) is 2.69. The van der Waals surface area contributed by atoms with Gasteiger partial charge in [-0.3, -0.25) is 4.79 Å². The minimum absolute atomic E-state index is 0.0588. The van der Waals surface area contributed by atoms with E-state index in [1.807, 2.05) is 6.92 Å². The Balaban J connectivity index is 1.96. The first kappa shape index (κ1) is 12.4. The summed E-state index contributed by atoms with van der Waals surface area (Å²) in [7, 11) is 0. The Bertz CT molecular complexity index is 317. The smallest absolute Gasteiger partial charge is 0.326 e. The van der Waals surface area contributed by atoms with Gasteiger partial charge in [0.15, 0.2) is 0 Å². The largest absolute Gasteiger partial charge is 0.480 e. The molecule has 0 aromatic rings. The van der Waals surface area contributed by atoms with Gasteiger partial charge in [-0.25, -0.2) is 4.79 Å². The zero-order valence-electron chi connectivity index (χ0n) is 10.4. The third-order valence-electron chi connectivity index (χ3n) is 4.15. The van der Waals surface area contributed by atoms with Gasteiger partial charge in [-0.05, 0) is 31.6 Å².